The zero-order valence-electron chi connectivity index (χ0n) is 11.0. The average Bonchev–Trinajstić information content (AvgIpc) is 2.74. The van der Waals surface area contributed by atoms with Gasteiger partial charge in [-0.2, -0.15) is 5.10 Å². The number of nitrogen functional groups attached to an aromatic ring is 1. The van der Waals surface area contributed by atoms with Gasteiger partial charge in [0.1, 0.15) is 24.5 Å². The molecule has 2 N–H and O–H groups in total. The van der Waals surface area contributed by atoms with Crippen LogP contribution in [0.2, 0.25) is 0 Å². The molecule has 0 unspecified atom stereocenters. The molecule has 0 bridgehead atoms. The van der Waals surface area contributed by atoms with E-state index in [-0.39, 0.29) is 18.1 Å². The summed E-state index contributed by atoms with van der Waals surface area (Å²) in [5.74, 6) is 1.25. The molecular formula is C13H17FN4O. The first-order chi connectivity index (χ1) is 9.06. The Kier molecular flexibility index (Phi) is 3.99. The standard InChI is InChI=1S/C13H17FN4O/c1-9(2)6-18-13(16-8-17-18)7-19-12-4-3-10(14)5-11(12)15/h3-5,8-9H,6-7,15H2,1-2H3. The molecule has 0 saturated heterocycles. The Labute approximate surface area is 111 Å². The number of halogens is 1. The lowest BCUT2D eigenvalue weighted by molar-refractivity contribution is 0.284. The maximum atomic E-state index is 12.9. The van der Waals surface area contributed by atoms with Gasteiger partial charge in [0.2, 0.25) is 0 Å². The van der Waals surface area contributed by atoms with Gasteiger partial charge in [0.05, 0.1) is 5.69 Å². The summed E-state index contributed by atoms with van der Waals surface area (Å²) in [5.41, 5.74) is 5.94. The van der Waals surface area contributed by atoms with Crippen molar-refractivity contribution in [3.05, 3.63) is 36.2 Å². The fraction of sp³-hybridized carbons (Fsp3) is 0.385. The average molecular weight is 264 g/mol. The van der Waals surface area contributed by atoms with E-state index in [0.717, 1.165) is 12.4 Å². The number of hydrogen-bond acceptors (Lipinski definition) is 4. The predicted octanol–water partition coefficient (Wildman–Crippen LogP) is 2.23. The first-order valence-electron chi connectivity index (χ1n) is 6.10. The number of benzene rings is 1. The van der Waals surface area contributed by atoms with Crippen molar-refractivity contribution in [1.29, 1.82) is 0 Å². The second-order valence-electron chi connectivity index (χ2n) is 4.72. The summed E-state index contributed by atoms with van der Waals surface area (Å²) in [7, 11) is 0. The van der Waals surface area contributed by atoms with Gasteiger partial charge < -0.3 is 10.5 Å². The molecule has 0 spiro atoms. The van der Waals surface area contributed by atoms with Crippen LogP contribution in [0.1, 0.15) is 19.7 Å². The first kappa shape index (κ1) is 13.3. The highest BCUT2D eigenvalue weighted by Gasteiger charge is 2.08. The van der Waals surface area contributed by atoms with Crippen molar-refractivity contribution in [2.75, 3.05) is 5.73 Å². The minimum Gasteiger partial charge on any atom is -0.483 e. The van der Waals surface area contributed by atoms with Crippen molar-refractivity contribution in [1.82, 2.24) is 14.8 Å². The van der Waals surface area contributed by atoms with Crippen molar-refractivity contribution >= 4 is 5.69 Å². The summed E-state index contributed by atoms with van der Waals surface area (Å²) >= 11 is 0. The summed E-state index contributed by atoms with van der Waals surface area (Å²) in [6.45, 7) is 5.23. The van der Waals surface area contributed by atoms with E-state index in [1.165, 1.54) is 24.5 Å². The summed E-state index contributed by atoms with van der Waals surface area (Å²) in [6.07, 6.45) is 1.50. The molecule has 0 aliphatic heterocycles. The molecule has 0 aliphatic rings. The van der Waals surface area contributed by atoms with Crippen LogP contribution < -0.4 is 10.5 Å². The van der Waals surface area contributed by atoms with Gasteiger partial charge in [0, 0.05) is 12.6 Å². The van der Waals surface area contributed by atoms with Crippen molar-refractivity contribution in [3.63, 3.8) is 0 Å². The SMILES string of the molecule is CC(C)Cn1ncnc1COc1ccc(F)cc1N. The monoisotopic (exact) mass is 264 g/mol. The summed E-state index contributed by atoms with van der Waals surface area (Å²) in [5, 5.41) is 4.14. The van der Waals surface area contributed by atoms with Gasteiger partial charge in [0.15, 0.2) is 5.82 Å². The predicted molar refractivity (Wildman–Crippen MR) is 70.0 cm³/mol. The lowest BCUT2D eigenvalue weighted by Crippen LogP contribution is -2.12. The highest BCUT2D eigenvalue weighted by atomic mass is 19.1. The van der Waals surface area contributed by atoms with E-state index < -0.39 is 0 Å². The minimum absolute atomic E-state index is 0.253. The van der Waals surface area contributed by atoms with Gasteiger partial charge in [-0.05, 0) is 18.1 Å². The second-order valence-corrected chi connectivity index (χ2v) is 4.72. The Morgan fingerprint density at radius 1 is 1.42 bits per heavy atom. The molecule has 6 heteroatoms. The lowest BCUT2D eigenvalue weighted by atomic mass is 10.2. The van der Waals surface area contributed by atoms with Gasteiger partial charge in [-0.25, -0.2) is 14.1 Å². The van der Waals surface area contributed by atoms with Crippen molar-refractivity contribution in [2.45, 2.75) is 27.0 Å². The normalized spacial score (nSPS) is 10.9. The molecule has 1 heterocycles. The summed E-state index contributed by atoms with van der Waals surface area (Å²) in [6, 6.07) is 4.05. The van der Waals surface area contributed by atoms with Crippen LogP contribution in [0.15, 0.2) is 24.5 Å². The smallest absolute Gasteiger partial charge is 0.164 e. The fourth-order valence-corrected chi connectivity index (χ4v) is 1.69. The van der Waals surface area contributed by atoms with E-state index >= 15 is 0 Å². The largest absolute Gasteiger partial charge is 0.483 e. The van der Waals surface area contributed by atoms with Crippen LogP contribution in [0.3, 0.4) is 0 Å². The van der Waals surface area contributed by atoms with Crippen LogP contribution >= 0.6 is 0 Å². The molecule has 1 aromatic heterocycles. The minimum atomic E-state index is -0.382. The van der Waals surface area contributed by atoms with Crippen molar-refractivity contribution < 1.29 is 9.13 Å². The number of aromatic nitrogens is 3. The third-order valence-electron chi connectivity index (χ3n) is 2.56. The van der Waals surface area contributed by atoms with Crippen LogP contribution in [0, 0.1) is 11.7 Å². The molecule has 0 atom stereocenters. The molecule has 1 aromatic carbocycles. The van der Waals surface area contributed by atoms with E-state index in [4.69, 9.17) is 10.5 Å². The van der Waals surface area contributed by atoms with Gasteiger partial charge in [-0.3, -0.25) is 0 Å². The molecular weight excluding hydrogens is 247 g/mol. The molecule has 0 aliphatic carbocycles. The Morgan fingerprint density at radius 3 is 2.89 bits per heavy atom. The topological polar surface area (TPSA) is 66.0 Å². The molecule has 0 fully saturated rings. The summed E-state index contributed by atoms with van der Waals surface area (Å²) < 4.78 is 20.2. The number of nitrogens with zero attached hydrogens (tertiary/aromatic N) is 3. The molecule has 0 radical (unpaired) electrons. The van der Waals surface area contributed by atoms with Crippen LogP contribution in [0.5, 0.6) is 5.75 Å². The summed E-state index contributed by atoms with van der Waals surface area (Å²) in [4.78, 5) is 4.14. The molecule has 2 rings (SSSR count). The van der Waals surface area contributed by atoms with E-state index in [1.54, 1.807) is 4.68 Å². The number of ether oxygens (including phenoxy) is 1. The molecule has 102 valence electrons. The number of nitrogens with two attached hydrogens (primary N) is 1. The van der Waals surface area contributed by atoms with E-state index in [0.29, 0.717) is 11.7 Å². The Bertz CT molecular complexity index is 553. The van der Waals surface area contributed by atoms with E-state index in [1.807, 2.05) is 0 Å². The van der Waals surface area contributed by atoms with Crippen LogP contribution in [0.4, 0.5) is 10.1 Å². The maximum absolute atomic E-state index is 12.9. The molecule has 5 nitrogen and oxygen atoms in total. The Hall–Kier alpha value is -2.11. The zero-order chi connectivity index (χ0) is 13.8. The quantitative estimate of drug-likeness (QED) is 0.841. The third-order valence-corrected chi connectivity index (χ3v) is 2.56. The fourth-order valence-electron chi connectivity index (χ4n) is 1.69. The van der Waals surface area contributed by atoms with Crippen molar-refractivity contribution in [3.8, 4) is 5.75 Å². The first-order valence-corrected chi connectivity index (χ1v) is 6.10. The molecule has 0 saturated carbocycles. The van der Waals surface area contributed by atoms with E-state index in [2.05, 4.69) is 23.9 Å². The highest BCUT2D eigenvalue weighted by molar-refractivity contribution is 5.52. The second kappa shape index (κ2) is 5.69. The zero-order valence-corrected chi connectivity index (χ0v) is 11.0. The molecule has 2 aromatic rings. The van der Waals surface area contributed by atoms with Gasteiger partial charge >= 0.3 is 0 Å². The number of hydrogen-bond donors (Lipinski definition) is 1. The number of anilines is 1. The number of rotatable bonds is 5. The van der Waals surface area contributed by atoms with Crippen molar-refractivity contribution in [2.24, 2.45) is 5.92 Å². The lowest BCUT2D eigenvalue weighted by Gasteiger charge is -2.11. The van der Waals surface area contributed by atoms with Gasteiger partial charge in [0.25, 0.3) is 0 Å². The Balaban J connectivity index is 2.04. The highest BCUT2D eigenvalue weighted by Crippen LogP contribution is 2.22. The maximum Gasteiger partial charge on any atom is 0.164 e. The van der Waals surface area contributed by atoms with Crippen LogP contribution in [-0.4, -0.2) is 14.8 Å². The van der Waals surface area contributed by atoms with Crippen LogP contribution in [0.25, 0.3) is 0 Å². The van der Waals surface area contributed by atoms with Crippen LogP contribution in [-0.2, 0) is 13.2 Å². The molecule has 0 amide bonds. The Morgan fingerprint density at radius 2 is 2.21 bits per heavy atom. The molecule has 19 heavy (non-hydrogen) atoms. The van der Waals surface area contributed by atoms with Gasteiger partial charge in [-0.1, -0.05) is 13.8 Å². The van der Waals surface area contributed by atoms with E-state index in [9.17, 15) is 4.39 Å². The van der Waals surface area contributed by atoms with Gasteiger partial charge in [-0.15, -0.1) is 0 Å². The third kappa shape index (κ3) is 3.43.